The summed E-state index contributed by atoms with van der Waals surface area (Å²) in [5.74, 6) is 0.469. The Morgan fingerprint density at radius 3 is 2.54 bits per heavy atom. The molecule has 24 heavy (non-hydrogen) atoms. The van der Waals surface area contributed by atoms with Crippen LogP contribution in [0.15, 0.2) is 30.3 Å². The van der Waals surface area contributed by atoms with Crippen LogP contribution in [-0.2, 0) is 4.74 Å². The fourth-order valence-corrected chi connectivity index (χ4v) is 3.34. The first-order chi connectivity index (χ1) is 11.3. The average molecular weight is 326 g/mol. The van der Waals surface area contributed by atoms with Crippen LogP contribution in [0.3, 0.4) is 0 Å². The molecule has 1 saturated heterocycles. The van der Waals surface area contributed by atoms with E-state index in [0.29, 0.717) is 5.92 Å². The first-order valence-corrected chi connectivity index (χ1v) is 8.68. The molecule has 2 heterocycles. The van der Waals surface area contributed by atoms with E-state index in [9.17, 15) is 4.79 Å². The molecule has 2 aromatic rings. The Morgan fingerprint density at radius 1 is 1.17 bits per heavy atom. The Hall–Kier alpha value is -2.10. The van der Waals surface area contributed by atoms with Crippen molar-refractivity contribution in [2.75, 3.05) is 13.1 Å². The lowest BCUT2D eigenvalue weighted by Gasteiger charge is -2.34. The van der Waals surface area contributed by atoms with E-state index in [0.717, 1.165) is 37.1 Å². The minimum absolute atomic E-state index is 0.198. The van der Waals surface area contributed by atoms with Gasteiger partial charge >= 0.3 is 6.09 Å². The number of nitrogens with zero attached hydrogens (tertiary/aromatic N) is 2. The Labute approximate surface area is 143 Å². The summed E-state index contributed by atoms with van der Waals surface area (Å²) >= 11 is 0. The first-order valence-electron chi connectivity index (χ1n) is 8.68. The molecule has 0 N–H and O–H groups in total. The van der Waals surface area contributed by atoms with Crippen molar-refractivity contribution in [1.82, 2.24) is 9.88 Å². The van der Waals surface area contributed by atoms with Gasteiger partial charge in [0.1, 0.15) is 5.60 Å². The van der Waals surface area contributed by atoms with Crippen molar-refractivity contribution in [2.45, 2.75) is 52.1 Å². The van der Waals surface area contributed by atoms with E-state index in [-0.39, 0.29) is 6.09 Å². The fourth-order valence-electron chi connectivity index (χ4n) is 3.34. The molecule has 1 aliphatic rings. The second-order valence-electron chi connectivity index (χ2n) is 7.61. The van der Waals surface area contributed by atoms with Crippen molar-refractivity contribution < 1.29 is 9.53 Å². The van der Waals surface area contributed by atoms with Crippen LogP contribution >= 0.6 is 0 Å². The number of carbonyl (C=O) groups excluding carboxylic acids is 1. The number of fused-ring (bicyclic) bond motifs is 1. The van der Waals surface area contributed by atoms with Gasteiger partial charge in [0, 0.05) is 24.2 Å². The third-order valence-corrected chi connectivity index (χ3v) is 4.49. The zero-order chi connectivity index (χ0) is 17.3. The smallest absolute Gasteiger partial charge is 0.410 e. The van der Waals surface area contributed by atoms with Crippen LogP contribution in [0.4, 0.5) is 4.79 Å². The maximum absolute atomic E-state index is 12.2. The molecule has 0 aliphatic carbocycles. The van der Waals surface area contributed by atoms with Crippen LogP contribution in [0.1, 0.15) is 50.8 Å². The lowest BCUT2D eigenvalue weighted by Crippen LogP contribution is -2.41. The first kappa shape index (κ1) is 16.7. The second-order valence-corrected chi connectivity index (χ2v) is 7.61. The molecule has 0 radical (unpaired) electrons. The van der Waals surface area contributed by atoms with E-state index in [4.69, 9.17) is 4.74 Å². The number of piperidine rings is 1. The lowest BCUT2D eigenvalue weighted by atomic mass is 9.87. The quantitative estimate of drug-likeness (QED) is 0.765. The Balaban J connectivity index is 1.72. The van der Waals surface area contributed by atoms with E-state index in [1.54, 1.807) is 0 Å². The van der Waals surface area contributed by atoms with E-state index < -0.39 is 5.60 Å². The molecule has 128 valence electrons. The number of hydrogen-bond donors (Lipinski definition) is 0. The lowest BCUT2D eigenvalue weighted by molar-refractivity contribution is 0.0205. The molecule has 1 aromatic heterocycles. The fraction of sp³-hybridized carbons (Fsp3) is 0.500. The Kier molecular flexibility index (Phi) is 4.48. The number of benzene rings is 1. The van der Waals surface area contributed by atoms with Gasteiger partial charge in [-0.15, -0.1) is 0 Å². The maximum Gasteiger partial charge on any atom is 0.410 e. The van der Waals surface area contributed by atoms with Crippen LogP contribution in [0.2, 0.25) is 0 Å². The molecule has 0 bridgehead atoms. The zero-order valence-electron chi connectivity index (χ0n) is 15.0. The Morgan fingerprint density at radius 2 is 1.88 bits per heavy atom. The molecule has 1 aromatic carbocycles. The van der Waals surface area contributed by atoms with E-state index in [2.05, 4.69) is 35.3 Å². The summed E-state index contributed by atoms with van der Waals surface area (Å²) in [4.78, 5) is 18.7. The summed E-state index contributed by atoms with van der Waals surface area (Å²) in [5.41, 5.74) is 3.01. The molecule has 0 atom stereocenters. The minimum atomic E-state index is -0.437. The topological polar surface area (TPSA) is 42.4 Å². The van der Waals surface area contributed by atoms with Gasteiger partial charge in [0.15, 0.2) is 0 Å². The van der Waals surface area contributed by atoms with Crippen LogP contribution in [0, 0.1) is 6.92 Å². The zero-order valence-corrected chi connectivity index (χ0v) is 15.0. The van der Waals surface area contributed by atoms with Gasteiger partial charge in [-0.1, -0.05) is 18.2 Å². The molecule has 1 fully saturated rings. The monoisotopic (exact) mass is 326 g/mol. The van der Waals surface area contributed by atoms with Crippen LogP contribution in [0.5, 0.6) is 0 Å². The number of likely N-dealkylation sites (tertiary alicyclic amines) is 1. The Bertz CT molecular complexity index is 741. The summed E-state index contributed by atoms with van der Waals surface area (Å²) in [7, 11) is 0. The minimum Gasteiger partial charge on any atom is -0.444 e. The summed E-state index contributed by atoms with van der Waals surface area (Å²) in [6, 6.07) is 10.6. The summed E-state index contributed by atoms with van der Waals surface area (Å²) < 4.78 is 5.48. The molecule has 0 spiro atoms. The molecule has 1 aliphatic heterocycles. The largest absolute Gasteiger partial charge is 0.444 e. The number of aryl methyl sites for hydroxylation is 1. The van der Waals surface area contributed by atoms with Crippen LogP contribution in [0.25, 0.3) is 10.9 Å². The number of ether oxygens (including phenoxy) is 1. The molecule has 0 unspecified atom stereocenters. The van der Waals surface area contributed by atoms with Crippen molar-refractivity contribution in [1.29, 1.82) is 0 Å². The highest BCUT2D eigenvalue weighted by Gasteiger charge is 2.28. The maximum atomic E-state index is 12.2. The van der Waals surface area contributed by atoms with Crippen LogP contribution < -0.4 is 0 Å². The molecule has 3 rings (SSSR count). The van der Waals surface area contributed by atoms with Crippen molar-refractivity contribution in [2.24, 2.45) is 0 Å². The third kappa shape index (κ3) is 3.69. The van der Waals surface area contributed by atoms with E-state index >= 15 is 0 Å². The highest BCUT2D eigenvalue weighted by Crippen LogP contribution is 2.33. The van der Waals surface area contributed by atoms with Gasteiger partial charge in [-0.2, -0.15) is 0 Å². The molecule has 4 nitrogen and oxygen atoms in total. The second kappa shape index (κ2) is 6.42. The van der Waals surface area contributed by atoms with Crippen molar-refractivity contribution in [3.8, 4) is 0 Å². The van der Waals surface area contributed by atoms with Gasteiger partial charge in [-0.25, -0.2) is 4.79 Å². The van der Waals surface area contributed by atoms with Crippen molar-refractivity contribution >= 4 is 17.0 Å². The predicted octanol–water partition coefficient (Wildman–Crippen LogP) is 4.66. The number of amides is 1. The SMILES string of the molecule is Cc1ccc2c(C3CCN(C(=O)OC(C)(C)C)CC3)cccc2n1. The number of hydrogen-bond acceptors (Lipinski definition) is 3. The normalized spacial score (nSPS) is 16.4. The van der Waals surface area contributed by atoms with Gasteiger partial charge in [0.05, 0.1) is 5.52 Å². The van der Waals surface area contributed by atoms with Gasteiger partial charge in [-0.3, -0.25) is 4.98 Å². The highest BCUT2D eigenvalue weighted by molar-refractivity contribution is 5.83. The molecule has 1 amide bonds. The van der Waals surface area contributed by atoms with Crippen molar-refractivity contribution in [3.05, 3.63) is 41.6 Å². The van der Waals surface area contributed by atoms with Crippen LogP contribution in [-0.4, -0.2) is 34.7 Å². The summed E-state index contributed by atoms with van der Waals surface area (Å²) in [6.07, 6.45) is 1.73. The molecular weight excluding hydrogens is 300 g/mol. The number of aromatic nitrogens is 1. The van der Waals surface area contributed by atoms with Gasteiger partial charge in [0.2, 0.25) is 0 Å². The average Bonchev–Trinajstić information content (AvgIpc) is 2.52. The van der Waals surface area contributed by atoms with E-state index in [1.807, 2.05) is 32.6 Å². The van der Waals surface area contributed by atoms with Crippen molar-refractivity contribution in [3.63, 3.8) is 0 Å². The molecular formula is C20H26N2O2. The number of carbonyl (C=O) groups is 1. The predicted molar refractivity (Wildman–Crippen MR) is 96.3 cm³/mol. The molecule has 4 heteroatoms. The summed E-state index contributed by atoms with van der Waals surface area (Å²) in [5, 5.41) is 1.24. The van der Waals surface area contributed by atoms with Gasteiger partial charge in [0.25, 0.3) is 0 Å². The van der Waals surface area contributed by atoms with E-state index in [1.165, 1.54) is 10.9 Å². The third-order valence-electron chi connectivity index (χ3n) is 4.49. The summed E-state index contributed by atoms with van der Waals surface area (Å²) in [6.45, 7) is 9.23. The number of rotatable bonds is 1. The molecule has 0 saturated carbocycles. The number of pyridine rings is 1. The highest BCUT2D eigenvalue weighted by atomic mass is 16.6. The standard InChI is InChI=1S/C20H26N2O2/c1-14-8-9-17-16(6-5-7-18(17)21-14)15-10-12-22(13-11-15)19(23)24-20(2,3)4/h5-9,15H,10-13H2,1-4H3. The van der Waals surface area contributed by atoms with Gasteiger partial charge in [-0.05, 0) is 64.2 Å². The van der Waals surface area contributed by atoms with Gasteiger partial charge < -0.3 is 9.64 Å².